The molecule has 2 nitrogen and oxygen atoms in total. The van der Waals surface area contributed by atoms with Gasteiger partial charge in [0.2, 0.25) is 0 Å². The first-order chi connectivity index (χ1) is 11.6. The van der Waals surface area contributed by atoms with Crippen molar-refractivity contribution >= 4 is 0 Å². The standard InChI is InChI=1S/C20H26F2N2/c1-3-24(4-2)15-5-14-23-20(16-6-10-18(21)11-7-16)17-8-12-19(22)13-9-17/h6-13,20,23H,3-5,14-15H2,1-2H3/p+2. The molecule has 0 unspecified atom stereocenters. The summed E-state index contributed by atoms with van der Waals surface area (Å²) in [6.45, 7) is 8.86. The van der Waals surface area contributed by atoms with Crippen LogP contribution in [0.2, 0.25) is 0 Å². The van der Waals surface area contributed by atoms with Crippen molar-refractivity contribution in [2.45, 2.75) is 26.3 Å². The largest absolute Gasteiger partial charge is 0.336 e. The second-order valence-electron chi connectivity index (χ2n) is 6.17. The number of halogens is 2. The summed E-state index contributed by atoms with van der Waals surface area (Å²) in [6, 6.07) is 13.3. The maximum Gasteiger partial charge on any atom is 0.137 e. The molecule has 0 bridgehead atoms. The molecule has 24 heavy (non-hydrogen) atoms. The van der Waals surface area contributed by atoms with Gasteiger partial charge in [0.25, 0.3) is 0 Å². The quantitative estimate of drug-likeness (QED) is 0.654. The molecular weight excluding hydrogens is 306 g/mol. The molecule has 0 radical (unpaired) electrons. The molecule has 130 valence electrons. The van der Waals surface area contributed by atoms with Gasteiger partial charge < -0.3 is 10.2 Å². The molecule has 4 heteroatoms. The van der Waals surface area contributed by atoms with E-state index in [0.29, 0.717) is 0 Å². The van der Waals surface area contributed by atoms with E-state index < -0.39 is 0 Å². The molecule has 2 aromatic rings. The van der Waals surface area contributed by atoms with Gasteiger partial charge in [0.15, 0.2) is 0 Å². The van der Waals surface area contributed by atoms with Gasteiger partial charge in [-0.1, -0.05) is 0 Å². The molecule has 0 heterocycles. The molecule has 3 N–H and O–H groups in total. The topological polar surface area (TPSA) is 21.1 Å². The fourth-order valence-corrected chi connectivity index (χ4v) is 3.04. The van der Waals surface area contributed by atoms with Crippen molar-refractivity contribution in [3.8, 4) is 0 Å². The second kappa shape index (κ2) is 9.50. The Kier molecular flexibility index (Phi) is 7.35. The normalized spacial score (nSPS) is 11.4. The van der Waals surface area contributed by atoms with Crippen LogP contribution in [0.15, 0.2) is 48.5 Å². The van der Waals surface area contributed by atoms with Gasteiger partial charge in [0.05, 0.1) is 26.2 Å². The van der Waals surface area contributed by atoms with Gasteiger partial charge in [-0.3, -0.25) is 0 Å². The van der Waals surface area contributed by atoms with E-state index in [4.69, 9.17) is 0 Å². The molecule has 0 aromatic heterocycles. The van der Waals surface area contributed by atoms with Crippen LogP contribution in [0, 0.1) is 11.6 Å². The van der Waals surface area contributed by atoms with Crippen molar-refractivity contribution in [1.29, 1.82) is 0 Å². The summed E-state index contributed by atoms with van der Waals surface area (Å²) in [5, 5.41) is 2.27. The van der Waals surface area contributed by atoms with Crippen LogP contribution in [0.4, 0.5) is 8.78 Å². The van der Waals surface area contributed by atoms with Crippen LogP contribution in [0.3, 0.4) is 0 Å². The first-order valence-electron chi connectivity index (χ1n) is 8.81. The monoisotopic (exact) mass is 334 g/mol. The molecule has 0 spiro atoms. The van der Waals surface area contributed by atoms with Crippen LogP contribution >= 0.6 is 0 Å². The Morgan fingerprint density at radius 2 is 1.29 bits per heavy atom. The molecule has 2 aromatic carbocycles. The van der Waals surface area contributed by atoms with Gasteiger partial charge in [-0.05, 0) is 62.4 Å². The first-order valence-corrected chi connectivity index (χ1v) is 8.81. The first kappa shape index (κ1) is 18.6. The average Bonchev–Trinajstić information content (AvgIpc) is 2.60. The van der Waals surface area contributed by atoms with Crippen LogP contribution in [0.5, 0.6) is 0 Å². The number of nitrogens with two attached hydrogens (primary N) is 1. The fraction of sp³-hybridized carbons (Fsp3) is 0.400. The lowest BCUT2D eigenvalue weighted by atomic mass is 9.98. The third-order valence-corrected chi connectivity index (χ3v) is 4.60. The minimum Gasteiger partial charge on any atom is -0.336 e. The molecule has 0 aliphatic heterocycles. The predicted molar refractivity (Wildman–Crippen MR) is 93.0 cm³/mol. The molecule has 0 amide bonds. The molecule has 0 atom stereocenters. The number of benzene rings is 2. The Balaban J connectivity index is 2.05. The van der Waals surface area contributed by atoms with Gasteiger partial charge in [0, 0.05) is 17.5 Å². The molecule has 2 rings (SSSR count). The summed E-state index contributed by atoms with van der Waals surface area (Å²) in [6.07, 6.45) is 1.12. The highest BCUT2D eigenvalue weighted by Crippen LogP contribution is 2.19. The van der Waals surface area contributed by atoms with E-state index in [1.807, 2.05) is 24.3 Å². The van der Waals surface area contributed by atoms with Crippen molar-refractivity contribution in [3.63, 3.8) is 0 Å². The summed E-state index contributed by atoms with van der Waals surface area (Å²) >= 11 is 0. The minimum atomic E-state index is -0.235. The highest BCUT2D eigenvalue weighted by molar-refractivity contribution is 5.29. The predicted octanol–water partition coefficient (Wildman–Crippen LogP) is 1.93. The fourth-order valence-electron chi connectivity index (χ4n) is 3.04. The zero-order valence-electron chi connectivity index (χ0n) is 14.6. The van der Waals surface area contributed by atoms with Gasteiger partial charge in [-0.15, -0.1) is 0 Å². The summed E-state index contributed by atoms with van der Waals surface area (Å²) in [7, 11) is 0. The Morgan fingerprint density at radius 1 is 0.833 bits per heavy atom. The van der Waals surface area contributed by atoms with Gasteiger partial charge in [-0.2, -0.15) is 0 Å². The van der Waals surface area contributed by atoms with E-state index in [1.54, 1.807) is 4.90 Å². The van der Waals surface area contributed by atoms with E-state index in [-0.39, 0.29) is 17.7 Å². The Labute approximate surface area is 143 Å². The molecule has 0 aliphatic carbocycles. The van der Waals surface area contributed by atoms with Crippen LogP contribution in [0.25, 0.3) is 0 Å². The highest BCUT2D eigenvalue weighted by Gasteiger charge is 2.18. The number of nitrogens with one attached hydrogen (secondary N) is 1. The van der Waals surface area contributed by atoms with Crippen molar-refractivity contribution in [2.24, 2.45) is 0 Å². The van der Waals surface area contributed by atoms with Crippen molar-refractivity contribution in [2.75, 3.05) is 26.2 Å². The van der Waals surface area contributed by atoms with Crippen molar-refractivity contribution < 1.29 is 19.0 Å². The van der Waals surface area contributed by atoms with Crippen LogP contribution in [-0.2, 0) is 0 Å². The molecule has 0 fully saturated rings. The third-order valence-electron chi connectivity index (χ3n) is 4.60. The van der Waals surface area contributed by atoms with Crippen LogP contribution < -0.4 is 10.2 Å². The number of hydrogen-bond acceptors (Lipinski definition) is 0. The Hall–Kier alpha value is -1.78. The smallest absolute Gasteiger partial charge is 0.137 e. The number of quaternary nitrogens is 2. The van der Waals surface area contributed by atoms with E-state index in [2.05, 4.69) is 19.2 Å². The number of rotatable bonds is 9. The maximum atomic E-state index is 13.2. The van der Waals surface area contributed by atoms with Gasteiger partial charge >= 0.3 is 0 Å². The Morgan fingerprint density at radius 3 is 1.71 bits per heavy atom. The minimum absolute atomic E-state index is 0.0675. The van der Waals surface area contributed by atoms with Crippen molar-refractivity contribution in [3.05, 3.63) is 71.3 Å². The summed E-state index contributed by atoms with van der Waals surface area (Å²) < 4.78 is 26.4. The van der Waals surface area contributed by atoms with E-state index in [1.165, 1.54) is 24.3 Å². The lowest BCUT2D eigenvalue weighted by Crippen LogP contribution is -3.11. The molecule has 0 aliphatic rings. The lowest BCUT2D eigenvalue weighted by molar-refractivity contribution is -0.898. The third kappa shape index (κ3) is 5.39. The van der Waals surface area contributed by atoms with Crippen molar-refractivity contribution in [1.82, 2.24) is 0 Å². The number of hydrogen-bond donors (Lipinski definition) is 2. The van der Waals surface area contributed by atoms with Gasteiger partial charge in [-0.25, -0.2) is 8.78 Å². The van der Waals surface area contributed by atoms with E-state index in [0.717, 1.165) is 43.7 Å². The van der Waals surface area contributed by atoms with Crippen LogP contribution in [0.1, 0.15) is 37.4 Å². The Bertz CT molecular complexity index is 547. The maximum absolute atomic E-state index is 13.2. The van der Waals surface area contributed by atoms with Crippen LogP contribution in [-0.4, -0.2) is 26.2 Å². The van der Waals surface area contributed by atoms with E-state index in [9.17, 15) is 8.78 Å². The molecule has 0 saturated heterocycles. The molecule has 0 saturated carbocycles. The van der Waals surface area contributed by atoms with E-state index >= 15 is 0 Å². The highest BCUT2D eigenvalue weighted by atomic mass is 19.1. The van der Waals surface area contributed by atoms with Gasteiger partial charge in [0.1, 0.15) is 17.7 Å². The second-order valence-corrected chi connectivity index (χ2v) is 6.17. The summed E-state index contributed by atoms with van der Waals surface area (Å²) in [5.41, 5.74) is 2.08. The molecular formula is C20H28F2N2+2. The zero-order valence-corrected chi connectivity index (χ0v) is 14.6. The lowest BCUT2D eigenvalue weighted by Gasteiger charge is -2.18. The summed E-state index contributed by atoms with van der Waals surface area (Å²) in [5.74, 6) is -0.469. The average molecular weight is 334 g/mol. The summed E-state index contributed by atoms with van der Waals surface area (Å²) in [4.78, 5) is 1.60. The zero-order chi connectivity index (χ0) is 17.4. The SMILES string of the molecule is CC[NH+](CC)CCC[NH2+]C(c1ccc(F)cc1)c1ccc(F)cc1.